The van der Waals surface area contributed by atoms with Gasteiger partial charge in [0.1, 0.15) is 12.2 Å². The highest BCUT2D eigenvalue weighted by Gasteiger charge is 2.58. The fourth-order valence-electron chi connectivity index (χ4n) is 11.7. The van der Waals surface area contributed by atoms with Gasteiger partial charge < -0.3 is 57.5 Å². The van der Waals surface area contributed by atoms with Gasteiger partial charge in [-0.1, -0.05) is 203 Å². The third-order valence-electron chi connectivity index (χ3n) is 16.4. The van der Waals surface area contributed by atoms with E-state index in [4.69, 9.17) is 57.5 Å². The molecule has 19 heteroatoms. The third kappa shape index (κ3) is 17.3. The van der Waals surface area contributed by atoms with Gasteiger partial charge in [0, 0.05) is 6.61 Å². The third-order valence-corrected chi connectivity index (χ3v) is 21.4. The lowest BCUT2D eigenvalue weighted by Crippen LogP contribution is -2.69. The van der Waals surface area contributed by atoms with Crippen LogP contribution in [0.1, 0.15) is 109 Å². The Morgan fingerprint density at radius 1 is 0.347 bits per heavy atom. The summed E-state index contributed by atoms with van der Waals surface area (Å²) in [5.74, 6) is -5.27. The number of esters is 6. The summed E-state index contributed by atoms with van der Waals surface area (Å²) in [4.78, 5) is 88.1. The first-order valence-corrected chi connectivity index (χ1v) is 33.7. The van der Waals surface area contributed by atoms with Crippen LogP contribution in [0.5, 0.6) is 0 Å². The SMILES string of the molecule is CC(C)(C)[Si](OC[C@H]1O[C@@H](OC[C@H]2O[C@@H](OCCCCCCN)[C@H](OC(=O)c3ccccc3)[C@@H](OC(=O)c3ccccc3)[C@H]2OC(=O)c2ccccc2)[C@H](OC(=O)c2ccccc2)[C@@H](OC(=O)c2ccccc2)[C@H]1OC(=O)c1ccccc1)(c1ccccc1)c1ccccc1. The van der Waals surface area contributed by atoms with Crippen molar-refractivity contribution < 1.29 is 80.6 Å². The second-order valence-electron chi connectivity index (χ2n) is 23.9. The van der Waals surface area contributed by atoms with Crippen LogP contribution in [-0.4, -0.2) is 132 Å². The standard InChI is InChI=1S/C76H77NO17Si/c1-76(2,3)95(58-44-26-12-27-45-58,59-46-28-13-29-47-59)86-51-61-63(90-69(79)53-34-16-7-17-35-53)65(92-71(81)55-38-20-9-21-39-55)67(94-73(83)57-42-24-11-25-43-57)75(88-61)85-50-60-62(89-68(78)52-32-14-6-15-33-52)64(91-70(80)54-36-18-8-19-37-54)66(93-72(82)56-40-22-10-23-41-56)74(87-60)84-49-31-5-4-30-48-77/h6-29,32-47,60-67,74-75H,4-5,30-31,48-51,77H2,1-3H3/t60-,61-,62+,63+,64+,65+,66-,67-,74-,75-/m1/s1. The Kier molecular flexibility index (Phi) is 23.8. The first kappa shape index (κ1) is 68.4. The van der Waals surface area contributed by atoms with Crippen molar-refractivity contribution >= 4 is 54.5 Å². The molecule has 2 aliphatic rings. The van der Waals surface area contributed by atoms with Gasteiger partial charge in [0.15, 0.2) is 49.2 Å². The number of hydrogen-bond acceptors (Lipinski definition) is 18. The van der Waals surface area contributed by atoms with Crippen LogP contribution in [0, 0.1) is 0 Å². The number of nitrogens with two attached hydrogens (primary N) is 1. The lowest BCUT2D eigenvalue weighted by Gasteiger charge is -2.48. The molecule has 2 heterocycles. The average Bonchev–Trinajstić information content (AvgIpc) is 0.756. The van der Waals surface area contributed by atoms with Crippen molar-refractivity contribution in [3.8, 4) is 0 Å². The van der Waals surface area contributed by atoms with Gasteiger partial charge in [-0.3, -0.25) is 0 Å². The van der Waals surface area contributed by atoms with Crippen molar-refractivity contribution in [2.24, 2.45) is 5.73 Å². The first-order chi connectivity index (χ1) is 46.2. The number of ether oxygens (including phenoxy) is 10. The minimum atomic E-state index is -3.52. The Morgan fingerprint density at radius 2 is 0.621 bits per heavy atom. The molecule has 2 fully saturated rings. The predicted molar refractivity (Wildman–Crippen MR) is 354 cm³/mol. The number of unbranched alkanes of at least 4 members (excludes halogenated alkanes) is 3. The average molecular weight is 1300 g/mol. The number of carbonyl (C=O) groups is 6. The Labute approximate surface area is 553 Å². The highest BCUT2D eigenvalue weighted by molar-refractivity contribution is 6.99. The van der Waals surface area contributed by atoms with Crippen LogP contribution in [0.25, 0.3) is 0 Å². The number of rotatable bonds is 27. The van der Waals surface area contributed by atoms with Gasteiger partial charge in [0.05, 0.1) is 46.6 Å². The summed E-state index contributed by atoms with van der Waals surface area (Å²) in [5.41, 5.74) is 6.50. The van der Waals surface area contributed by atoms with Crippen molar-refractivity contribution in [3.63, 3.8) is 0 Å². The quantitative estimate of drug-likeness (QED) is 0.0218. The zero-order valence-corrected chi connectivity index (χ0v) is 54.0. The van der Waals surface area contributed by atoms with E-state index in [0.717, 1.165) is 23.2 Å². The van der Waals surface area contributed by atoms with Gasteiger partial charge >= 0.3 is 35.8 Å². The van der Waals surface area contributed by atoms with Gasteiger partial charge in [-0.2, -0.15) is 0 Å². The second-order valence-corrected chi connectivity index (χ2v) is 28.2. The van der Waals surface area contributed by atoms with Gasteiger partial charge in [-0.25, -0.2) is 28.8 Å². The molecule has 8 aromatic carbocycles. The molecule has 0 bridgehead atoms. The molecule has 0 saturated carbocycles. The van der Waals surface area contributed by atoms with Crippen LogP contribution >= 0.6 is 0 Å². The summed E-state index contributed by atoms with van der Waals surface area (Å²) in [6, 6.07) is 68.2. The molecule has 0 aliphatic carbocycles. The largest absolute Gasteiger partial charge is 0.452 e. The molecule has 8 aromatic rings. The lowest BCUT2D eigenvalue weighted by atomic mass is 9.96. The minimum absolute atomic E-state index is 0.0455. The van der Waals surface area contributed by atoms with E-state index in [1.165, 1.54) is 48.5 Å². The molecule has 95 heavy (non-hydrogen) atoms. The highest BCUT2D eigenvalue weighted by Crippen LogP contribution is 2.40. The van der Waals surface area contributed by atoms with Crippen molar-refractivity contribution in [1.29, 1.82) is 0 Å². The molecular formula is C76H77NO17Si. The van der Waals surface area contributed by atoms with Gasteiger partial charge in [-0.15, -0.1) is 0 Å². The molecule has 2 saturated heterocycles. The molecule has 0 radical (unpaired) electrons. The predicted octanol–water partition coefficient (Wildman–Crippen LogP) is 10.9. The van der Waals surface area contributed by atoms with E-state index in [0.29, 0.717) is 19.4 Å². The Balaban J connectivity index is 1.12. The molecule has 0 aromatic heterocycles. The monoisotopic (exact) mass is 1300 g/mol. The smallest absolute Gasteiger partial charge is 0.338 e. The summed E-state index contributed by atoms with van der Waals surface area (Å²) in [5, 5.41) is 1.19. The van der Waals surface area contributed by atoms with Gasteiger partial charge in [0.2, 0.25) is 0 Å². The second kappa shape index (κ2) is 33.1. The zero-order chi connectivity index (χ0) is 66.6. The van der Waals surface area contributed by atoms with Crippen LogP contribution in [-0.2, 0) is 51.8 Å². The minimum Gasteiger partial charge on any atom is -0.452 e. The van der Waals surface area contributed by atoms with E-state index in [-0.39, 0.29) is 46.6 Å². The molecule has 10 rings (SSSR count). The lowest BCUT2D eigenvalue weighted by molar-refractivity contribution is -0.328. The highest BCUT2D eigenvalue weighted by atomic mass is 28.4. The van der Waals surface area contributed by atoms with E-state index in [1.54, 1.807) is 133 Å². The van der Waals surface area contributed by atoms with E-state index >= 15 is 0 Å². The Morgan fingerprint density at radius 3 is 0.937 bits per heavy atom. The maximum Gasteiger partial charge on any atom is 0.338 e. The van der Waals surface area contributed by atoms with Gasteiger partial charge in [0.25, 0.3) is 8.32 Å². The molecule has 0 unspecified atom stereocenters. The maximum absolute atomic E-state index is 14.9. The normalized spacial score (nSPS) is 21.1. The van der Waals surface area contributed by atoms with Crippen molar-refractivity contribution in [2.45, 2.75) is 113 Å². The topological polar surface area (TPSA) is 230 Å². The van der Waals surface area contributed by atoms with Crippen LogP contribution in [0.15, 0.2) is 243 Å². The summed E-state index contributed by atoms with van der Waals surface area (Å²) in [6.45, 7) is 5.76. The summed E-state index contributed by atoms with van der Waals surface area (Å²) in [6.07, 6.45) is -13.8. The van der Waals surface area contributed by atoms with Gasteiger partial charge in [-0.05, 0) is 108 Å². The van der Waals surface area contributed by atoms with Crippen molar-refractivity contribution in [3.05, 3.63) is 276 Å². The Hall–Kier alpha value is -9.44. The van der Waals surface area contributed by atoms with Crippen molar-refractivity contribution in [2.75, 3.05) is 26.4 Å². The fourth-order valence-corrected chi connectivity index (χ4v) is 16.2. The van der Waals surface area contributed by atoms with E-state index in [2.05, 4.69) is 20.8 Å². The zero-order valence-electron chi connectivity index (χ0n) is 53.0. The molecule has 0 amide bonds. The fraction of sp³-hybridized carbons (Fsp3) is 0.289. The number of hydrogen-bond donors (Lipinski definition) is 1. The molecule has 10 atom stereocenters. The maximum atomic E-state index is 14.9. The molecule has 18 nitrogen and oxygen atoms in total. The summed E-state index contributed by atoms with van der Waals surface area (Å²) < 4.78 is 74.0. The van der Waals surface area contributed by atoms with E-state index < -0.39 is 117 Å². The van der Waals surface area contributed by atoms with Crippen LogP contribution in [0.2, 0.25) is 5.04 Å². The number of benzene rings is 8. The summed E-state index contributed by atoms with van der Waals surface area (Å²) in [7, 11) is -3.52. The van der Waals surface area contributed by atoms with Crippen LogP contribution in [0.3, 0.4) is 0 Å². The summed E-state index contributed by atoms with van der Waals surface area (Å²) >= 11 is 0. The van der Waals surface area contributed by atoms with E-state index in [1.807, 2.05) is 60.7 Å². The van der Waals surface area contributed by atoms with E-state index in [9.17, 15) is 28.8 Å². The first-order valence-electron chi connectivity index (χ1n) is 31.8. The van der Waals surface area contributed by atoms with Crippen LogP contribution in [0.4, 0.5) is 0 Å². The molecule has 492 valence electrons. The van der Waals surface area contributed by atoms with Crippen LogP contribution < -0.4 is 16.1 Å². The molecule has 2 aliphatic heterocycles. The number of carbonyl (C=O) groups excluding carboxylic acids is 6. The van der Waals surface area contributed by atoms with Crippen molar-refractivity contribution in [1.82, 2.24) is 0 Å². The molecule has 0 spiro atoms. The molecular weight excluding hydrogens is 1230 g/mol. The molecule has 2 N–H and O–H groups in total. The Bertz CT molecular complexity index is 3700.